The Hall–Kier alpha value is 0.310. The van der Waals surface area contributed by atoms with Gasteiger partial charge >= 0.3 is 0 Å². The average Bonchev–Trinajstić information content (AvgIpc) is 3.18. The molecule has 1 heterocycles. The number of rotatable bonds is 5. The van der Waals surface area contributed by atoms with Crippen molar-refractivity contribution in [3.05, 3.63) is 0 Å². The number of piperazine rings is 1. The van der Waals surface area contributed by atoms with E-state index in [1.54, 1.807) is 0 Å². The van der Waals surface area contributed by atoms with E-state index in [4.69, 9.17) is 0 Å². The van der Waals surface area contributed by atoms with Crippen LogP contribution in [0.15, 0.2) is 4.99 Å². The molecular weight excluding hydrogens is 419 g/mol. The van der Waals surface area contributed by atoms with Crippen molar-refractivity contribution in [2.45, 2.75) is 38.1 Å². The van der Waals surface area contributed by atoms with Crippen molar-refractivity contribution < 1.29 is 0 Å². The molecule has 3 fully saturated rings. The summed E-state index contributed by atoms with van der Waals surface area (Å²) in [5, 5.41) is 3.53. The topological polar surface area (TPSA) is 30.9 Å². The van der Waals surface area contributed by atoms with E-state index >= 15 is 0 Å². The summed E-state index contributed by atoms with van der Waals surface area (Å²) in [5.74, 6) is 4.40. The zero-order chi connectivity index (χ0) is 15.4. The smallest absolute Gasteiger partial charge is 0.193 e. The maximum absolute atomic E-state index is 4.48. The zero-order valence-corrected chi connectivity index (χ0v) is 17.8. The summed E-state index contributed by atoms with van der Waals surface area (Å²) in [6.45, 7) is 5.76. The van der Waals surface area contributed by atoms with Crippen molar-refractivity contribution in [2.24, 2.45) is 16.8 Å². The predicted octanol–water partition coefficient (Wildman–Crippen LogP) is 2.74. The van der Waals surface area contributed by atoms with Crippen LogP contribution in [0.25, 0.3) is 0 Å². The Bertz CT molecular complexity index is 385. The quantitative estimate of drug-likeness (QED) is 0.301. The van der Waals surface area contributed by atoms with Crippen LogP contribution in [0.5, 0.6) is 0 Å². The average molecular weight is 452 g/mol. The van der Waals surface area contributed by atoms with E-state index in [1.165, 1.54) is 50.9 Å². The van der Waals surface area contributed by atoms with Crippen LogP contribution < -0.4 is 5.32 Å². The summed E-state index contributed by atoms with van der Waals surface area (Å²) >= 11 is 1.92. The third kappa shape index (κ3) is 4.91. The molecule has 1 N–H and O–H groups in total. The molecule has 1 saturated heterocycles. The monoisotopic (exact) mass is 452 g/mol. The van der Waals surface area contributed by atoms with E-state index in [-0.39, 0.29) is 24.0 Å². The van der Waals surface area contributed by atoms with Gasteiger partial charge in [-0.15, -0.1) is 24.0 Å². The highest BCUT2D eigenvalue weighted by Crippen LogP contribution is 2.46. The van der Waals surface area contributed by atoms with E-state index in [2.05, 4.69) is 26.4 Å². The van der Waals surface area contributed by atoms with Gasteiger partial charge in [0.15, 0.2) is 5.96 Å². The molecule has 0 spiro atoms. The molecule has 1 aliphatic heterocycles. The van der Waals surface area contributed by atoms with Gasteiger partial charge in [0.25, 0.3) is 0 Å². The Balaban J connectivity index is 0.00000192. The van der Waals surface area contributed by atoms with Crippen LogP contribution in [0.1, 0.15) is 32.1 Å². The maximum atomic E-state index is 4.48. The summed E-state index contributed by atoms with van der Waals surface area (Å²) in [6.07, 6.45) is 9.38. The summed E-state index contributed by atoms with van der Waals surface area (Å²) in [4.78, 5) is 9.70. The third-order valence-electron chi connectivity index (χ3n) is 5.80. The first-order chi connectivity index (χ1) is 10.8. The molecule has 6 heteroatoms. The van der Waals surface area contributed by atoms with Gasteiger partial charge in [-0.2, -0.15) is 11.8 Å². The zero-order valence-electron chi connectivity index (χ0n) is 14.7. The van der Waals surface area contributed by atoms with Crippen molar-refractivity contribution in [3.63, 3.8) is 0 Å². The fraction of sp³-hybridized carbons (Fsp3) is 0.941. The first kappa shape index (κ1) is 19.6. The molecule has 0 aromatic rings. The normalized spacial score (nSPS) is 31.3. The summed E-state index contributed by atoms with van der Waals surface area (Å²) < 4.78 is 0. The predicted molar refractivity (Wildman–Crippen MR) is 112 cm³/mol. The Labute approximate surface area is 163 Å². The van der Waals surface area contributed by atoms with Crippen LogP contribution in [-0.2, 0) is 0 Å². The molecule has 0 radical (unpaired) electrons. The highest BCUT2D eigenvalue weighted by atomic mass is 127. The molecule has 2 saturated carbocycles. The first-order valence-electron chi connectivity index (χ1n) is 9.00. The molecule has 4 nitrogen and oxygen atoms in total. The number of nitrogens with one attached hydrogen (secondary N) is 1. The van der Waals surface area contributed by atoms with Gasteiger partial charge in [0.2, 0.25) is 0 Å². The highest BCUT2D eigenvalue weighted by Gasteiger charge is 2.42. The summed E-state index contributed by atoms with van der Waals surface area (Å²) in [5.41, 5.74) is 0. The summed E-state index contributed by atoms with van der Waals surface area (Å²) in [6, 6.07) is 0.900. The van der Waals surface area contributed by atoms with Gasteiger partial charge in [-0.05, 0) is 49.5 Å². The minimum Gasteiger partial charge on any atom is -0.356 e. The highest BCUT2D eigenvalue weighted by molar-refractivity contribution is 14.0. The van der Waals surface area contributed by atoms with Gasteiger partial charge in [0, 0.05) is 45.8 Å². The van der Waals surface area contributed by atoms with Gasteiger partial charge in [-0.25, -0.2) is 0 Å². The van der Waals surface area contributed by atoms with Crippen LogP contribution in [-0.4, -0.2) is 73.6 Å². The number of thioether (sulfide) groups is 1. The molecular formula is C17H33IN4S. The largest absolute Gasteiger partial charge is 0.356 e. The summed E-state index contributed by atoms with van der Waals surface area (Å²) in [7, 11) is 1.92. The fourth-order valence-electron chi connectivity index (χ4n) is 4.67. The van der Waals surface area contributed by atoms with E-state index in [9.17, 15) is 0 Å². The molecule has 3 rings (SSSR count). The molecule has 2 bridgehead atoms. The Morgan fingerprint density at radius 2 is 1.96 bits per heavy atom. The molecule has 134 valence electrons. The van der Waals surface area contributed by atoms with Crippen LogP contribution in [0.2, 0.25) is 0 Å². The van der Waals surface area contributed by atoms with E-state index < -0.39 is 0 Å². The number of guanidine groups is 1. The van der Waals surface area contributed by atoms with Gasteiger partial charge in [-0.3, -0.25) is 9.89 Å². The number of fused-ring (bicyclic) bond motifs is 2. The molecule has 23 heavy (non-hydrogen) atoms. The minimum absolute atomic E-state index is 0. The van der Waals surface area contributed by atoms with Crippen molar-refractivity contribution >= 4 is 41.7 Å². The second-order valence-electron chi connectivity index (χ2n) is 7.09. The number of hydrogen-bond acceptors (Lipinski definition) is 3. The third-order valence-corrected chi connectivity index (χ3v) is 6.50. The maximum Gasteiger partial charge on any atom is 0.193 e. The molecule has 3 unspecified atom stereocenters. The van der Waals surface area contributed by atoms with Crippen molar-refractivity contribution in [1.29, 1.82) is 0 Å². The molecule has 0 aromatic carbocycles. The fourth-order valence-corrected chi connectivity index (χ4v) is 5.11. The second kappa shape index (κ2) is 9.70. The number of halogens is 1. The lowest BCUT2D eigenvalue weighted by molar-refractivity contribution is 0.0959. The van der Waals surface area contributed by atoms with Crippen LogP contribution in [0.3, 0.4) is 0 Å². The van der Waals surface area contributed by atoms with E-state index in [0.29, 0.717) is 0 Å². The Kier molecular flexibility index (Phi) is 8.28. The number of hydrogen-bond donors (Lipinski definition) is 1. The number of aliphatic imine (C=N–C) groups is 1. The van der Waals surface area contributed by atoms with Gasteiger partial charge in [0.05, 0.1) is 0 Å². The SMILES string of the molecule is CN=C(NCCCSC)N1CCN(C2CC3CCC2C3)CC1.I. The second-order valence-corrected chi connectivity index (χ2v) is 8.07. The lowest BCUT2D eigenvalue weighted by Gasteiger charge is -2.42. The Morgan fingerprint density at radius 3 is 2.52 bits per heavy atom. The lowest BCUT2D eigenvalue weighted by atomic mass is 9.93. The van der Waals surface area contributed by atoms with Crippen LogP contribution in [0.4, 0.5) is 0 Å². The van der Waals surface area contributed by atoms with E-state index in [1.807, 2.05) is 18.8 Å². The minimum atomic E-state index is 0. The molecule has 0 amide bonds. The Morgan fingerprint density at radius 1 is 1.17 bits per heavy atom. The number of nitrogens with zero attached hydrogens (tertiary/aromatic N) is 3. The van der Waals surface area contributed by atoms with Crippen molar-refractivity contribution in [1.82, 2.24) is 15.1 Å². The van der Waals surface area contributed by atoms with Crippen molar-refractivity contribution in [3.8, 4) is 0 Å². The van der Waals surface area contributed by atoms with Gasteiger partial charge < -0.3 is 10.2 Å². The standard InChI is InChI=1S/C17H32N4S.HI/c1-18-17(19-6-3-11-22-2)21-9-7-20(8-10-21)16-13-14-4-5-15(16)12-14;/h14-16H,3-13H2,1-2H3,(H,18,19);1H. The van der Waals surface area contributed by atoms with Gasteiger partial charge in [0.1, 0.15) is 0 Å². The molecule has 0 aromatic heterocycles. The molecule has 2 aliphatic carbocycles. The van der Waals surface area contributed by atoms with Crippen molar-refractivity contribution in [2.75, 3.05) is 51.8 Å². The first-order valence-corrected chi connectivity index (χ1v) is 10.4. The van der Waals surface area contributed by atoms with Crippen LogP contribution >= 0.6 is 35.7 Å². The molecule has 3 atom stereocenters. The van der Waals surface area contributed by atoms with Gasteiger partial charge in [-0.1, -0.05) is 6.42 Å². The van der Waals surface area contributed by atoms with Crippen LogP contribution in [0, 0.1) is 11.8 Å². The van der Waals surface area contributed by atoms with E-state index in [0.717, 1.165) is 43.5 Å². The lowest BCUT2D eigenvalue weighted by Crippen LogP contribution is -2.55. The molecule has 3 aliphatic rings.